The van der Waals surface area contributed by atoms with Crippen LogP contribution < -0.4 is 0 Å². The van der Waals surface area contributed by atoms with E-state index in [1.54, 1.807) is 27.3 Å². The smallest absolute Gasteiger partial charge is 0.365 e. The van der Waals surface area contributed by atoms with Crippen molar-refractivity contribution in [3.05, 3.63) is 43.9 Å². The Bertz CT molecular complexity index is 926. The van der Waals surface area contributed by atoms with Crippen LogP contribution in [0, 0.1) is 16.0 Å². The summed E-state index contributed by atoms with van der Waals surface area (Å²) in [7, 11) is 0. The summed E-state index contributed by atoms with van der Waals surface area (Å²) in [5.74, 6) is -1.79. The van der Waals surface area contributed by atoms with E-state index in [-0.39, 0.29) is 11.6 Å². The first-order valence-corrected chi connectivity index (χ1v) is 11.4. The minimum atomic E-state index is -4.63. The Balaban J connectivity index is 1.61. The lowest BCUT2D eigenvalue weighted by Crippen LogP contribution is -2.58. The van der Waals surface area contributed by atoms with E-state index in [0.717, 1.165) is 6.42 Å². The van der Waals surface area contributed by atoms with Gasteiger partial charge in [-0.3, -0.25) is 19.7 Å². The van der Waals surface area contributed by atoms with Gasteiger partial charge in [0, 0.05) is 38.1 Å². The highest BCUT2D eigenvalue weighted by molar-refractivity contribution is 7.12. The van der Waals surface area contributed by atoms with Crippen molar-refractivity contribution in [1.82, 2.24) is 14.7 Å². The monoisotopic (exact) mass is 472 g/mol. The molecule has 1 aromatic rings. The molecule has 0 spiro atoms. The van der Waals surface area contributed by atoms with E-state index < -0.39 is 41.2 Å². The van der Waals surface area contributed by atoms with Gasteiger partial charge in [0.15, 0.2) is 0 Å². The molecule has 3 heterocycles. The highest BCUT2D eigenvalue weighted by Crippen LogP contribution is 2.42. The quantitative estimate of drug-likeness (QED) is 0.497. The van der Waals surface area contributed by atoms with Gasteiger partial charge in [0.1, 0.15) is 12.2 Å². The molecule has 4 rings (SSSR count). The topological polar surface area (TPSA) is 87.0 Å². The number of halogens is 3. The second-order valence-electron chi connectivity index (χ2n) is 8.25. The van der Waals surface area contributed by atoms with Gasteiger partial charge in [-0.25, -0.2) is 0 Å². The first-order chi connectivity index (χ1) is 15.2. The Kier molecular flexibility index (Phi) is 6.15. The minimum absolute atomic E-state index is 0.116. The molecular formula is C20H23F3N4O4S. The summed E-state index contributed by atoms with van der Waals surface area (Å²) in [4.78, 5) is 41.2. The van der Waals surface area contributed by atoms with Crippen LogP contribution in [-0.2, 0) is 4.79 Å². The Labute approximate surface area is 186 Å². The van der Waals surface area contributed by atoms with Crippen LogP contribution in [0.2, 0.25) is 0 Å². The summed E-state index contributed by atoms with van der Waals surface area (Å²) in [6.45, 7) is -0.258. The molecule has 0 radical (unpaired) electrons. The van der Waals surface area contributed by atoms with E-state index in [4.69, 9.17) is 0 Å². The van der Waals surface area contributed by atoms with E-state index in [1.165, 1.54) is 11.3 Å². The highest BCUT2D eigenvalue weighted by Gasteiger charge is 2.52. The molecule has 174 valence electrons. The van der Waals surface area contributed by atoms with Gasteiger partial charge in [-0.15, -0.1) is 11.3 Å². The van der Waals surface area contributed by atoms with Crippen LogP contribution in [0.1, 0.15) is 35.4 Å². The number of alkyl halides is 3. The third-order valence-electron chi connectivity index (χ3n) is 6.36. The van der Waals surface area contributed by atoms with Gasteiger partial charge in [0.25, 0.3) is 5.91 Å². The average Bonchev–Trinajstić information content (AvgIpc) is 3.29. The molecule has 0 bridgehead atoms. The minimum Gasteiger partial charge on any atom is -0.365 e. The lowest BCUT2D eigenvalue weighted by atomic mass is 9.77. The summed E-state index contributed by atoms with van der Waals surface area (Å²) in [5, 5.41) is 13.7. The predicted molar refractivity (Wildman–Crippen MR) is 109 cm³/mol. The SMILES string of the molecule is O=C(c1cccs1)N1CCN(C2=C([N+](=O)[O-])C(=O)N(CC(F)(F)F)C3CCCCC23)CC1. The number of rotatable bonds is 4. The number of thiophene rings is 1. The highest BCUT2D eigenvalue weighted by atomic mass is 32.1. The Morgan fingerprint density at radius 1 is 1.19 bits per heavy atom. The second kappa shape index (κ2) is 8.72. The first kappa shape index (κ1) is 22.6. The van der Waals surface area contributed by atoms with Crippen molar-refractivity contribution in [1.29, 1.82) is 0 Å². The fourth-order valence-electron chi connectivity index (χ4n) is 5.02. The van der Waals surface area contributed by atoms with E-state index in [9.17, 15) is 32.9 Å². The molecule has 1 aliphatic carbocycles. The number of nitro groups is 1. The normalized spacial score (nSPS) is 24.6. The standard InChI is InChI=1S/C20H23F3N4O4S/c21-20(22,23)12-26-14-5-2-1-4-13(14)16(17(19(26)29)27(30)31)24-7-9-25(10-8-24)18(28)15-6-3-11-32-15/h3,6,11,13-14H,1-2,4-5,7-10,12H2. The number of carbonyl (C=O) groups excluding carboxylic acids is 2. The van der Waals surface area contributed by atoms with E-state index >= 15 is 0 Å². The molecule has 0 N–H and O–H groups in total. The number of piperazine rings is 1. The van der Waals surface area contributed by atoms with Crippen molar-refractivity contribution in [2.75, 3.05) is 32.7 Å². The lowest BCUT2D eigenvalue weighted by molar-refractivity contribution is -0.424. The van der Waals surface area contributed by atoms with Gasteiger partial charge in [-0.2, -0.15) is 13.2 Å². The van der Waals surface area contributed by atoms with Gasteiger partial charge in [-0.1, -0.05) is 18.9 Å². The predicted octanol–water partition coefficient (Wildman–Crippen LogP) is 2.96. The summed E-state index contributed by atoms with van der Waals surface area (Å²) in [6.07, 6.45) is -2.34. The molecule has 2 unspecified atom stereocenters. The summed E-state index contributed by atoms with van der Waals surface area (Å²) in [5.41, 5.74) is -0.512. The van der Waals surface area contributed by atoms with Crippen molar-refractivity contribution < 1.29 is 27.7 Å². The molecule has 1 saturated heterocycles. The first-order valence-electron chi connectivity index (χ1n) is 10.5. The largest absolute Gasteiger partial charge is 0.406 e. The molecule has 1 saturated carbocycles. The molecule has 2 aliphatic heterocycles. The maximum Gasteiger partial charge on any atom is 0.406 e. The molecule has 3 aliphatic rings. The molecule has 8 nitrogen and oxygen atoms in total. The van der Waals surface area contributed by atoms with Crippen molar-refractivity contribution in [3.63, 3.8) is 0 Å². The zero-order chi connectivity index (χ0) is 23.0. The van der Waals surface area contributed by atoms with Crippen molar-refractivity contribution in [3.8, 4) is 0 Å². The van der Waals surface area contributed by atoms with Crippen molar-refractivity contribution in [2.24, 2.45) is 5.92 Å². The van der Waals surface area contributed by atoms with E-state index in [1.807, 2.05) is 0 Å². The van der Waals surface area contributed by atoms with Crippen LogP contribution in [0.3, 0.4) is 0 Å². The number of amides is 2. The summed E-state index contributed by atoms with van der Waals surface area (Å²) < 4.78 is 39.5. The van der Waals surface area contributed by atoms with E-state index in [0.29, 0.717) is 55.2 Å². The second-order valence-corrected chi connectivity index (χ2v) is 9.20. The summed E-state index contributed by atoms with van der Waals surface area (Å²) in [6, 6.07) is 2.81. The Morgan fingerprint density at radius 2 is 1.88 bits per heavy atom. The third-order valence-corrected chi connectivity index (χ3v) is 7.22. The fraction of sp³-hybridized carbons (Fsp3) is 0.600. The van der Waals surface area contributed by atoms with Crippen LogP contribution in [0.25, 0.3) is 0 Å². The Morgan fingerprint density at radius 3 is 2.47 bits per heavy atom. The van der Waals surface area contributed by atoms with Gasteiger partial charge in [0.2, 0.25) is 0 Å². The average molecular weight is 472 g/mol. The maximum absolute atomic E-state index is 13.2. The molecule has 2 atom stereocenters. The maximum atomic E-state index is 13.2. The van der Waals surface area contributed by atoms with Crippen molar-refractivity contribution in [2.45, 2.75) is 37.9 Å². The third kappa shape index (κ3) is 4.32. The van der Waals surface area contributed by atoms with E-state index in [2.05, 4.69) is 0 Å². The molecule has 1 aromatic heterocycles. The molecular weight excluding hydrogens is 449 g/mol. The zero-order valence-electron chi connectivity index (χ0n) is 17.2. The van der Waals surface area contributed by atoms with Crippen LogP contribution in [0.4, 0.5) is 13.2 Å². The van der Waals surface area contributed by atoms with Crippen LogP contribution in [-0.4, -0.2) is 76.4 Å². The van der Waals surface area contributed by atoms with Crippen molar-refractivity contribution >= 4 is 23.2 Å². The van der Waals surface area contributed by atoms with Gasteiger partial charge < -0.3 is 14.7 Å². The lowest BCUT2D eigenvalue weighted by Gasteiger charge is -2.47. The number of nitrogens with zero attached hydrogens (tertiary/aromatic N) is 4. The Hall–Kier alpha value is -2.63. The van der Waals surface area contributed by atoms with Gasteiger partial charge in [-0.05, 0) is 24.3 Å². The molecule has 12 heteroatoms. The fourth-order valence-corrected chi connectivity index (χ4v) is 5.71. The number of hydrogen-bond acceptors (Lipinski definition) is 6. The summed E-state index contributed by atoms with van der Waals surface area (Å²) >= 11 is 1.33. The molecule has 2 amide bonds. The van der Waals surface area contributed by atoms with Gasteiger partial charge >= 0.3 is 17.8 Å². The molecule has 0 aromatic carbocycles. The molecule has 32 heavy (non-hydrogen) atoms. The molecule has 2 fully saturated rings. The van der Waals surface area contributed by atoms with Gasteiger partial charge in [0.05, 0.1) is 9.80 Å². The van der Waals surface area contributed by atoms with Crippen LogP contribution in [0.15, 0.2) is 28.9 Å². The van der Waals surface area contributed by atoms with Crippen LogP contribution >= 0.6 is 11.3 Å². The number of carbonyl (C=O) groups is 2. The number of fused-ring (bicyclic) bond motifs is 1. The zero-order valence-corrected chi connectivity index (χ0v) is 18.0. The number of hydrogen-bond donors (Lipinski definition) is 0. The van der Waals surface area contributed by atoms with Crippen LogP contribution in [0.5, 0.6) is 0 Å².